The fourth-order valence-corrected chi connectivity index (χ4v) is 4.05. The van der Waals surface area contributed by atoms with Gasteiger partial charge < -0.3 is 10.6 Å². The minimum atomic E-state index is 0. The van der Waals surface area contributed by atoms with Crippen LogP contribution in [0.4, 0.5) is 0 Å². The lowest BCUT2D eigenvalue weighted by atomic mass is 9.89. The van der Waals surface area contributed by atoms with Crippen LogP contribution in [0.25, 0.3) is 0 Å². The Morgan fingerprint density at radius 1 is 1.00 bits per heavy atom. The summed E-state index contributed by atoms with van der Waals surface area (Å²) in [5.74, 6) is 0.543. The lowest BCUT2D eigenvalue weighted by Crippen LogP contribution is -2.44. The summed E-state index contributed by atoms with van der Waals surface area (Å²) in [4.78, 5) is 14.9. The molecule has 128 valence electrons. The summed E-state index contributed by atoms with van der Waals surface area (Å²) in [6.45, 7) is 0. The fraction of sp³-hybridized carbons (Fsp3) is 0.632. The van der Waals surface area contributed by atoms with Gasteiger partial charge in [-0.15, -0.1) is 12.4 Å². The van der Waals surface area contributed by atoms with Crippen molar-refractivity contribution in [2.24, 2.45) is 11.7 Å². The molecule has 0 saturated heterocycles. The van der Waals surface area contributed by atoms with E-state index in [0.29, 0.717) is 18.0 Å². The third-order valence-corrected chi connectivity index (χ3v) is 5.63. The van der Waals surface area contributed by atoms with E-state index in [2.05, 4.69) is 24.3 Å². The van der Waals surface area contributed by atoms with Crippen LogP contribution in [0, 0.1) is 5.92 Å². The van der Waals surface area contributed by atoms with Gasteiger partial charge in [-0.25, -0.2) is 0 Å². The van der Waals surface area contributed by atoms with Crippen LogP contribution in [-0.4, -0.2) is 29.9 Å². The van der Waals surface area contributed by atoms with Crippen molar-refractivity contribution in [2.45, 2.75) is 63.5 Å². The Balaban J connectivity index is 0.00000192. The first-order chi connectivity index (χ1) is 10.6. The summed E-state index contributed by atoms with van der Waals surface area (Å²) in [6, 6.07) is 9.39. The van der Waals surface area contributed by atoms with Crippen LogP contribution >= 0.6 is 12.4 Å². The molecule has 1 fully saturated rings. The van der Waals surface area contributed by atoms with E-state index in [0.717, 1.165) is 51.4 Å². The minimum Gasteiger partial charge on any atom is -0.343 e. The number of rotatable bonds is 2. The summed E-state index contributed by atoms with van der Waals surface area (Å²) >= 11 is 0. The second-order valence-electron chi connectivity index (χ2n) is 7.06. The molecule has 1 amide bonds. The number of nitrogens with zero attached hydrogens (tertiary/aromatic N) is 1. The molecule has 3 rings (SSSR count). The van der Waals surface area contributed by atoms with Gasteiger partial charge in [-0.3, -0.25) is 4.79 Å². The van der Waals surface area contributed by atoms with Crippen LogP contribution in [0.3, 0.4) is 0 Å². The Kier molecular flexibility index (Phi) is 6.49. The van der Waals surface area contributed by atoms with E-state index in [1.807, 2.05) is 11.9 Å². The van der Waals surface area contributed by atoms with E-state index in [9.17, 15) is 4.79 Å². The highest BCUT2D eigenvalue weighted by molar-refractivity contribution is 5.85. The van der Waals surface area contributed by atoms with E-state index in [1.165, 1.54) is 11.1 Å². The van der Waals surface area contributed by atoms with Crippen molar-refractivity contribution in [3.05, 3.63) is 35.4 Å². The molecular weight excluding hydrogens is 308 g/mol. The molecule has 0 heterocycles. The number of carbonyl (C=O) groups is 1. The molecule has 3 nitrogen and oxygen atoms in total. The average molecular weight is 337 g/mol. The van der Waals surface area contributed by atoms with Gasteiger partial charge in [0, 0.05) is 25.0 Å². The number of carbonyl (C=O) groups excluding carboxylic acids is 1. The zero-order valence-electron chi connectivity index (χ0n) is 14.0. The third kappa shape index (κ3) is 4.27. The number of nitrogens with two attached hydrogens (primary N) is 1. The molecular formula is C19H29ClN2O. The summed E-state index contributed by atoms with van der Waals surface area (Å²) < 4.78 is 0. The zero-order valence-corrected chi connectivity index (χ0v) is 14.9. The van der Waals surface area contributed by atoms with Crippen LogP contribution in [0.5, 0.6) is 0 Å². The first kappa shape index (κ1) is 18.3. The van der Waals surface area contributed by atoms with Gasteiger partial charge in [-0.05, 0) is 62.5 Å². The van der Waals surface area contributed by atoms with Crippen molar-refractivity contribution >= 4 is 18.3 Å². The van der Waals surface area contributed by atoms with Crippen LogP contribution < -0.4 is 5.73 Å². The summed E-state index contributed by atoms with van der Waals surface area (Å²) in [5, 5.41) is 0. The zero-order chi connectivity index (χ0) is 15.5. The van der Waals surface area contributed by atoms with E-state index < -0.39 is 0 Å². The van der Waals surface area contributed by atoms with Crippen molar-refractivity contribution in [1.29, 1.82) is 0 Å². The van der Waals surface area contributed by atoms with Crippen molar-refractivity contribution < 1.29 is 4.79 Å². The van der Waals surface area contributed by atoms with Crippen molar-refractivity contribution in [2.75, 3.05) is 7.05 Å². The number of fused-ring (bicyclic) bond motifs is 1. The van der Waals surface area contributed by atoms with Crippen LogP contribution in [0.1, 0.15) is 49.7 Å². The predicted octanol–water partition coefficient (Wildman–Crippen LogP) is 3.33. The lowest BCUT2D eigenvalue weighted by molar-refractivity contribution is -0.137. The van der Waals surface area contributed by atoms with E-state index in [1.54, 1.807) is 0 Å². The van der Waals surface area contributed by atoms with Gasteiger partial charge in [-0.1, -0.05) is 24.3 Å². The molecule has 0 aliphatic heterocycles. The second-order valence-corrected chi connectivity index (χ2v) is 7.06. The average Bonchev–Trinajstić information content (AvgIpc) is 2.77. The highest BCUT2D eigenvalue weighted by Crippen LogP contribution is 2.28. The van der Waals surface area contributed by atoms with E-state index in [-0.39, 0.29) is 18.3 Å². The SMILES string of the molecule is CN(C(=O)C1CCc2ccccc2CC1)C1CCC(N)CC1.Cl. The van der Waals surface area contributed by atoms with Crippen molar-refractivity contribution in [1.82, 2.24) is 4.90 Å². The first-order valence-electron chi connectivity index (χ1n) is 8.74. The Bertz CT molecular complexity index is 499. The summed E-state index contributed by atoms with van der Waals surface area (Å²) in [6.07, 6.45) is 8.30. The number of hydrogen-bond donors (Lipinski definition) is 1. The van der Waals surface area contributed by atoms with Crippen LogP contribution in [0.2, 0.25) is 0 Å². The molecule has 0 bridgehead atoms. The van der Waals surface area contributed by atoms with Gasteiger partial charge in [0.1, 0.15) is 0 Å². The quantitative estimate of drug-likeness (QED) is 0.842. The van der Waals surface area contributed by atoms with Gasteiger partial charge in [-0.2, -0.15) is 0 Å². The minimum absolute atomic E-state index is 0. The number of aryl methyl sites for hydroxylation is 2. The summed E-state index contributed by atoms with van der Waals surface area (Å²) in [7, 11) is 2.00. The Morgan fingerprint density at radius 3 is 2.04 bits per heavy atom. The number of amides is 1. The van der Waals surface area contributed by atoms with E-state index in [4.69, 9.17) is 5.73 Å². The third-order valence-electron chi connectivity index (χ3n) is 5.63. The monoisotopic (exact) mass is 336 g/mol. The van der Waals surface area contributed by atoms with Gasteiger partial charge >= 0.3 is 0 Å². The maximum Gasteiger partial charge on any atom is 0.225 e. The number of hydrogen-bond acceptors (Lipinski definition) is 2. The molecule has 2 N–H and O–H groups in total. The predicted molar refractivity (Wildman–Crippen MR) is 96.8 cm³/mol. The molecule has 4 heteroatoms. The first-order valence-corrected chi connectivity index (χ1v) is 8.74. The fourth-order valence-electron chi connectivity index (χ4n) is 4.05. The highest BCUT2D eigenvalue weighted by atomic mass is 35.5. The Labute approximate surface area is 146 Å². The largest absolute Gasteiger partial charge is 0.343 e. The molecule has 0 unspecified atom stereocenters. The standard InChI is InChI=1S/C19H28N2O.ClH/c1-21(18-12-10-17(20)11-13-18)19(22)16-8-6-14-4-2-3-5-15(14)7-9-16;/h2-5,16-18H,6-13,20H2,1H3;1H. The van der Waals surface area contributed by atoms with Crippen LogP contribution in [0.15, 0.2) is 24.3 Å². The lowest BCUT2D eigenvalue weighted by Gasteiger charge is -2.35. The number of halogens is 1. The molecule has 0 aromatic heterocycles. The maximum absolute atomic E-state index is 12.9. The molecule has 0 radical (unpaired) electrons. The van der Waals surface area contributed by atoms with Crippen molar-refractivity contribution in [3.63, 3.8) is 0 Å². The van der Waals surface area contributed by atoms with E-state index >= 15 is 0 Å². The Morgan fingerprint density at radius 2 is 1.52 bits per heavy atom. The molecule has 2 aliphatic carbocycles. The number of benzene rings is 1. The molecule has 1 aromatic rings. The summed E-state index contributed by atoms with van der Waals surface area (Å²) in [5.41, 5.74) is 8.85. The van der Waals surface area contributed by atoms with Gasteiger partial charge in [0.15, 0.2) is 0 Å². The van der Waals surface area contributed by atoms with Crippen LogP contribution in [-0.2, 0) is 17.6 Å². The normalized spacial score (nSPS) is 25.0. The van der Waals surface area contributed by atoms with Gasteiger partial charge in [0.2, 0.25) is 5.91 Å². The topological polar surface area (TPSA) is 46.3 Å². The van der Waals surface area contributed by atoms with Gasteiger partial charge in [0.05, 0.1) is 0 Å². The molecule has 0 spiro atoms. The Hall–Kier alpha value is -1.06. The molecule has 0 atom stereocenters. The molecule has 1 saturated carbocycles. The highest BCUT2D eigenvalue weighted by Gasteiger charge is 2.30. The van der Waals surface area contributed by atoms with Crippen molar-refractivity contribution in [3.8, 4) is 0 Å². The molecule has 1 aromatic carbocycles. The smallest absolute Gasteiger partial charge is 0.225 e. The molecule has 2 aliphatic rings. The van der Waals surface area contributed by atoms with Gasteiger partial charge in [0.25, 0.3) is 0 Å². The molecule has 23 heavy (non-hydrogen) atoms. The maximum atomic E-state index is 12.9. The second kappa shape index (κ2) is 8.16.